The van der Waals surface area contributed by atoms with Gasteiger partial charge in [0.05, 0.1) is 0 Å². The molecule has 0 aliphatic rings. The SMILES string of the molecule is CN(Cc1ccccc1)C(=O)c1ccc(C(=O)NCc2ccccc2Cl)cc1. The van der Waals surface area contributed by atoms with Gasteiger partial charge in [-0.25, -0.2) is 0 Å². The van der Waals surface area contributed by atoms with Gasteiger partial charge in [0.1, 0.15) is 0 Å². The van der Waals surface area contributed by atoms with E-state index in [2.05, 4.69) is 5.32 Å². The zero-order chi connectivity index (χ0) is 19.9. The van der Waals surface area contributed by atoms with Crippen LogP contribution in [0.15, 0.2) is 78.9 Å². The highest BCUT2D eigenvalue weighted by atomic mass is 35.5. The van der Waals surface area contributed by atoms with E-state index in [1.54, 1.807) is 42.3 Å². The Morgan fingerprint density at radius 3 is 2.14 bits per heavy atom. The zero-order valence-corrected chi connectivity index (χ0v) is 16.3. The maximum atomic E-state index is 12.6. The van der Waals surface area contributed by atoms with Crippen LogP contribution in [0.2, 0.25) is 5.02 Å². The molecule has 3 rings (SSSR count). The second kappa shape index (κ2) is 9.20. The number of hydrogen-bond acceptors (Lipinski definition) is 2. The fraction of sp³-hybridized carbons (Fsp3) is 0.130. The molecule has 1 N–H and O–H groups in total. The Balaban J connectivity index is 1.60. The molecule has 3 aromatic carbocycles. The molecule has 0 unspecified atom stereocenters. The van der Waals surface area contributed by atoms with Crippen LogP contribution < -0.4 is 5.32 Å². The highest BCUT2D eigenvalue weighted by Gasteiger charge is 2.13. The lowest BCUT2D eigenvalue weighted by atomic mass is 10.1. The summed E-state index contributed by atoms with van der Waals surface area (Å²) in [5, 5.41) is 3.46. The Morgan fingerprint density at radius 1 is 0.857 bits per heavy atom. The summed E-state index contributed by atoms with van der Waals surface area (Å²) >= 11 is 6.10. The van der Waals surface area contributed by atoms with Crippen LogP contribution in [0.1, 0.15) is 31.8 Å². The van der Waals surface area contributed by atoms with E-state index in [9.17, 15) is 9.59 Å². The molecule has 3 aromatic rings. The highest BCUT2D eigenvalue weighted by molar-refractivity contribution is 6.31. The maximum absolute atomic E-state index is 12.6. The van der Waals surface area contributed by atoms with Crippen LogP contribution in [-0.4, -0.2) is 23.8 Å². The number of carbonyl (C=O) groups is 2. The van der Waals surface area contributed by atoms with Crippen molar-refractivity contribution in [3.05, 3.63) is 106 Å². The molecule has 0 fully saturated rings. The van der Waals surface area contributed by atoms with Crippen LogP contribution in [-0.2, 0) is 13.1 Å². The van der Waals surface area contributed by atoms with E-state index in [0.29, 0.717) is 29.2 Å². The Kier molecular flexibility index (Phi) is 6.45. The summed E-state index contributed by atoms with van der Waals surface area (Å²) in [6.45, 7) is 0.874. The number of halogens is 1. The first kappa shape index (κ1) is 19.6. The minimum Gasteiger partial charge on any atom is -0.348 e. The third kappa shape index (κ3) is 4.99. The van der Waals surface area contributed by atoms with E-state index >= 15 is 0 Å². The number of amides is 2. The Hall–Kier alpha value is -3.11. The molecular weight excluding hydrogens is 372 g/mol. The molecule has 5 heteroatoms. The first-order chi connectivity index (χ1) is 13.5. The van der Waals surface area contributed by atoms with Gasteiger partial charge in [-0.05, 0) is 41.5 Å². The number of nitrogens with zero attached hydrogens (tertiary/aromatic N) is 1. The van der Waals surface area contributed by atoms with Crippen molar-refractivity contribution >= 4 is 23.4 Å². The van der Waals surface area contributed by atoms with E-state index in [1.165, 1.54) is 0 Å². The van der Waals surface area contributed by atoms with E-state index in [1.807, 2.05) is 48.5 Å². The molecule has 0 aliphatic carbocycles. The van der Waals surface area contributed by atoms with Crippen molar-refractivity contribution in [2.45, 2.75) is 13.1 Å². The molecular formula is C23H21ClN2O2. The number of benzene rings is 3. The van der Waals surface area contributed by atoms with Gasteiger partial charge in [-0.3, -0.25) is 9.59 Å². The minimum atomic E-state index is -0.212. The maximum Gasteiger partial charge on any atom is 0.253 e. The summed E-state index contributed by atoms with van der Waals surface area (Å²) in [7, 11) is 1.76. The van der Waals surface area contributed by atoms with Gasteiger partial charge < -0.3 is 10.2 Å². The third-order valence-electron chi connectivity index (χ3n) is 4.40. The predicted octanol–water partition coefficient (Wildman–Crippen LogP) is 4.54. The van der Waals surface area contributed by atoms with E-state index in [-0.39, 0.29) is 11.8 Å². The van der Waals surface area contributed by atoms with E-state index in [0.717, 1.165) is 11.1 Å². The number of nitrogens with one attached hydrogen (secondary N) is 1. The molecule has 0 bridgehead atoms. The summed E-state index contributed by atoms with van der Waals surface area (Å²) in [5.41, 5.74) is 2.95. The van der Waals surface area contributed by atoms with Gasteiger partial charge in [0, 0.05) is 36.3 Å². The van der Waals surface area contributed by atoms with Gasteiger partial charge in [0.15, 0.2) is 0 Å². The van der Waals surface area contributed by atoms with Gasteiger partial charge in [-0.2, -0.15) is 0 Å². The van der Waals surface area contributed by atoms with Crippen molar-refractivity contribution in [2.75, 3.05) is 7.05 Å². The van der Waals surface area contributed by atoms with Crippen LogP contribution in [0.5, 0.6) is 0 Å². The summed E-state index contributed by atoms with van der Waals surface area (Å²) in [6.07, 6.45) is 0. The second-order valence-corrected chi connectivity index (χ2v) is 6.91. The fourth-order valence-electron chi connectivity index (χ4n) is 2.83. The molecule has 0 radical (unpaired) electrons. The Morgan fingerprint density at radius 2 is 1.46 bits per heavy atom. The largest absolute Gasteiger partial charge is 0.348 e. The lowest BCUT2D eigenvalue weighted by Crippen LogP contribution is -2.26. The Bertz CT molecular complexity index is 956. The lowest BCUT2D eigenvalue weighted by molar-refractivity contribution is 0.0784. The summed E-state index contributed by atoms with van der Waals surface area (Å²) in [5.74, 6) is -0.302. The van der Waals surface area contributed by atoms with Crippen LogP contribution in [0.3, 0.4) is 0 Å². The molecule has 0 atom stereocenters. The zero-order valence-electron chi connectivity index (χ0n) is 15.6. The molecule has 142 valence electrons. The summed E-state index contributed by atoms with van der Waals surface area (Å²) in [6, 6.07) is 23.8. The van der Waals surface area contributed by atoms with Crippen molar-refractivity contribution < 1.29 is 9.59 Å². The van der Waals surface area contributed by atoms with Gasteiger partial charge in [-0.1, -0.05) is 60.1 Å². The topological polar surface area (TPSA) is 49.4 Å². The molecule has 0 saturated carbocycles. The van der Waals surface area contributed by atoms with Gasteiger partial charge in [-0.15, -0.1) is 0 Å². The van der Waals surface area contributed by atoms with Crippen molar-refractivity contribution in [2.24, 2.45) is 0 Å². The molecule has 0 aliphatic heterocycles. The molecule has 0 aromatic heterocycles. The van der Waals surface area contributed by atoms with Gasteiger partial charge in [0.2, 0.25) is 0 Å². The van der Waals surface area contributed by atoms with Gasteiger partial charge in [0.25, 0.3) is 11.8 Å². The molecule has 0 spiro atoms. The Labute approximate surface area is 169 Å². The highest BCUT2D eigenvalue weighted by Crippen LogP contribution is 2.15. The van der Waals surface area contributed by atoms with E-state index < -0.39 is 0 Å². The molecule has 2 amide bonds. The second-order valence-electron chi connectivity index (χ2n) is 6.50. The van der Waals surface area contributed by atoms with Gasteiger partial charge >= 0.3 is 0 Å². The molecule has 28 heavy (non-hydrogen) atoms. The number of hydrogen-bond donors (Lipinski definition) is 1. The van der Waals surface area contributed by atoms with Crippen LogP contribution in [0.25, 0.3) is 0 Å². The van der Waals surface area contributed by atoms with Crippen LogP contribution in [0, 0.1) is 0 Å². The van der Waals surface area contributed by atoms with Crippen molar-refractivity contribution in [3.63, 3.8) is 0 Å². The standard InChI is InChI=1S/C23H21ClN2O2/c1-26(16-17-7-3-2-4-8-17)23(28)19-13-11-18(12-14-19)22(27)25-15-20-9-5-6-10-21(20)24/h2-14H,15-16H2,1H3,(H,25,27). The fourth-order valence-corrected chi connectivity index (χ4v) is 3.04. The van der Waals surface area contributed by atoms with Crippen molar-refractivity contribution in [3.8, 4) is 0 Å². The first-order valence-electron chi connectivity index (χ1n) is 8.95. The lowest BCUT2D eigenvalue weighted by Gasteiger charge is -2.17. The quantitative estimate of drug-likeness (QED) is 0.669. The molecule has 0 saturated heterocycles. The predicted molar refractivity (Wildman–Crippen MR) is 111 cm³/mol. The van der Waals surface area contributed by atoms with E-state index in [4.69, 9.17) is 11.6 Å². The van der Waals surface area contributed by atoms with Crippen LogP contribution >= 0.6 is 11.6 Å². The average Bonchev–Trinajstić information content (AvgIpc) is 2.73. The van der Waals surface area contributed by atoms with Crippen LogP contribution in [0.4, 0.5) is 0 Å². The summed E-state index contributed by atoms with van der Waals surface area (Å²) in [4.78, 5) is 26.6. The van der Waals surface area contributed by atoms with Crippen molar-refractivity contribution in [1.82, 2.24) is 10.2 Å². The first-order valence-corrected chi connectivity index (χ1v) is 9.33. The normalized spacial score (nSPS) is 10.4. The monoisotopic (exact) mass is 392 g/mol. The smallest absolute Gasteiger partial charge is 0.253 e. The number of rotatable bonds is 6. The summed E-state index contributed by atoms with van der Waals surface area (Å²) < 4.78 is 0. The number of carbonyl (C=O) groups excluding carboxylic acids is 2. The minimum absolute atomic E-state index is 0.0909. The average molecular weight is 393 g/mol. The molecule has 0 heterocycles. The third-order valence-corrected chi connectivity index (χ3v) is 4.77. The van der Waals surface area contributed by atoms with Crippen molar-refractivity contribution in [1.29, 1.82) is 0 Å². The molecule has 4 nitrogen and oxygen atoms in total.